The quantitative estimate of drug-likeness (QED) is 0.484. The van der Waals surface area contributed by atoms with Crippen LogP contribution in [0.15, 0.2) is 22.5 Å². The first-order valence-corrected chi connectivity index (χ1v) is 10.8. The number of nitrogens with zero attached hydrogens (tertiary/aromatic N) is 2. The van der Waals surface area contributed by atoms with Gasteiger partial charge < -0.3 is 20.3 Å². The van der Waals surface area contributed by atoms with Crippen molar-refractivity contribution in [2.24, 2.45) is 16.8 Å². The molecule has 1 atom stereocenters. The van der Waals surface area contributed by atoms with Crippen molar-refractivity contribution >= 4 is 17.3 Å². The largest absolute Gasteiger partial charge is 0.383 e. The van der Waals surface area contributed by atoms with Gasteiger partial charge in [-0.25, -0.2) is 0 Å². The molecule has 5 nitrogen and oxygen atoms in total. The number of guanidine groups is 1. The molecular formula is C20H36N4OS. The van der Waals surface area contributed by atoms with Gasteiger partial charge in [0.25, 0.3) is 0 Å². The van der Waals surface area contributed by atoms with Gasteiger partial charge in [0.1, 0.15) is 0 Å². The monoisotopic (exact) mass is 380 g/mol. The number of hydrogen-bond donors (Lipinski definition) is 2. The van der Waals surface area contributed by atoms with Crippen LogP contribution in [-0.4, -0.2) is 63.8 Å². The fourth-order valence-corrected chi connectivity index (χ4v) is 4.17. The molecule has 26 heavy (non-hydrogen) atoms. The van der Waals surface area contributed by atoms with Crippen LogP contribution < -0.4 is 10.6 Å². The van der Waals surface area contributed by atoms with Gasteiger partial charge >= 0.3 is 0 Å². The minimum atomic E-state index is 0.563. The number of methoxy groups -OCH3 is 1. The average Bonchev–Trinajstić information content (AvgIpc) is 3.16. The van der Waals surface area contributed by atoms with E-state index in [1.165, 1.54) is 30.8 Å². The second-order valence-corrected chi connectivity index (χ2v) is 8.30. The van der Waals surface area contributed by atoms with E-state index >= 15 is 0 Å². The van der Waals surface area contributed by atoms with Crippen LogP contribution >= 0.6 is 11.3 Å². The molecular weight excluding hydrogens is 344 g/mol. The Bertz CT molecular complexity index is 498. The summed E-state index contributed by atoms with van der Waals surface area (Å²) in [4.78, 5) is 8.76. The molecule has 1 unspecified atom stereocenters. The van der Waals surface area contributed by atoms with Crippen LogP contribution in [0.3, 0.4) is 0 Å². The molecule has 0 aromatic carbocycles. The Kier molecular flexibility index (Phi) is 10.0. The van der Waals surface area contributed by atoms with E-state index < -0.39 is 0 Å². The van der Waals surface area contributed by atoms with Gasteiger partial charge in [0.15, 0.2) is 5.96 Å². The molecule has 2 rings (SSSR count). The molecule has 1 aromatic heterocycles. The van der Waals surface area contributed by atoms with Crippen molar-refractivity contribution in [1.29, 1.82) is 0 Å². The number of piperidine rings is 1. The maximum atomic E-state index is 5.18. The number of thiophene rings is 1. The zero-order chi connectivity index (χ0) is 18.6. The van der Waals surface area contributed by atoms with E-state index in [-0.39, 0.29) is 0 Å². The third-order valence-electron chi connectivity index (χ3n) is 4.91. The van der Waals surface area contributed by atoms with Gasteiger partial charge in [0.2, 0.25) is 0 Å². The Morgan fingerprint density at radius 1 is 1.38 bits per heavy atom. The van der Waals surface area contributed by atoms with Crippen molar-refractivity contribution in [3.05, 3.63) is 22.4 Å². The molecule has 0 radical (unpaired) electrons. The lowest BCUT2D eigenvalue weighted by atomic mass is 9.97. The van der Waals surface area contributed by atoms with Gasteiger partial charge in [-0.1, -0.05) is 13.0 Å². The molecule has 1 aliphatic heterocycles. The van der Waals surface area contributed by atoms with Gasteiger partial charge in [0, 0.05) is 38.2 Å². The van der Waals surface area contributed by atoms with Gasteiger partial charge in [-0.05, 0) is 62.6 Å². The van der Waals surface area contributed by atoms with Crippen LogP contribution in [0.5, 0.6) is 0 Å². The van der Waals surface area contributed by atoms with Crippen molar-refractivity contribution in [1.82, 2.24) is 15.5 Å². The van der Waals surface area contributed by atoms with Crippen LogP contribution in [0, 0.1) is 11.8 Å². The maximum absolute atomic E-state index is 5.18. The fourth-order valence-electron chi connectivity index (χ4n) is 3.30. The van der Waals surface area contributed by atoms with Crippen molar-refractivity contribution < 1.29 is 4.74 Å². The van der Waals surface area contributed by atoms with Crippen LogP contribution in [0.1, 0.15) is 31.6 Å². The van der Waals surface area contributed by atoms with E-state index in [4.69, 9.17) is 9.73 Å². The van der Waals surface area contributed by atoms with E-state index in [1.807, 2.05) is 11.3 Å². The second kappa shape index (κ2) is 12.3. The first-order chi connectivity index (χ1) is 12.7. The number of ether oxygens (including phenoxy) is 1. The van der Waals surface area contributed by atoms with E-state index in [2.05, 4.69) is 46.9 Å². The highest BCUT2D eigenvalue weighted by molar-refractivity contribution is 7.09. The summed E-state index contributed by atoms with van der Waals surface area (Å²) in [5.74, 6) is 2.27. The molecule has 6 heteroatoms. The number of likely N-dealkylation sites (tertiary alicyclic amines) is 1. The predicted molar refractivity (Wildman–Crippen MR) is 112 cm³/mol. The summed E-state index contributed by atoms with van der Waals surface area (Å²) in [6.45, 7) is 11.4. The van der Waals surface area contributed by atoms with Gasteiger partial charge in [-0.2, -0.15) is 0 Å². The van der Waals surface area contributed by atoms with E-state index in [0.29, 0.717) is 5.92 Å². The number of nitrogens with one attached hydrogen (secondary N) is 2. The van der Waals surface area contributed by atoms with Gasteiger partial charge in [0.05, 0.1) is 6.61 Å². The van der Waals surface area contributed by atoms with E-state index in [1.54, 1.807) is 7.11 Å². The highest BCUT2D eigenvalue weighted by atomic mass is 32.1. The lowest BCUT2D eigenvalue weighted by Crippen LogP contribution is -2.43. The van der Waals surface area contributed by atoms with Crippen LogP contribution in [0.25, 0.3) is 0 Å². The summed E-state index contributed by atoms with van der Waals surface area (Å²) in [6.07, 6.45) is 3.62. The minimum absolute atomic E-state index is 0.563. The van der Waals surface area contributed by atoms with Crippen molar-refractivity contribution in [3.63, 3.8) is 0 Å². The summed E-state index contributed by atoms with van der Waals surface area (Å²) < 4.78 is 5.18. The Morgan fingerprint density at radius 2 is 2.19 bits per heavy atom. The van der Waals surface area contributed by atoms with Crippen LogP contribution in [0.2, 0.25) is 0 Å². The van der Waals surface area contributed by atoms with Gasteiger partial charge in [-0.15, -0.1) is 11.3 Å². The zero-order valence-corrected chi connectivity index (χ0v) is 17.5. The second-order valence-electron chi connectivity index (χ2n) is 7.27. The number of aliphatic imine (C=N–C) groups is 1. The maximum Gasteiger partial charge on any atom is 0.191 e. The Morgan fingerprint density at radius 3 is 2.85 bits per heavy atom. The lowest BCUT2D eigenvalue weighted by Gasteiger charge is -2.32. The molecule has 1 aliphatic rings. The van der Waals surface area contributed by atoms with Crippen LogP contribution in [-0.2, 0) is 11.2 Å². The fraction of sp³-hybridized carbons (Fsp3) is 0.750. The highest BCUT2D eigenvalue weighted by Gasteiger charge is 2.19. The molecule has 148 valence electrons. The third-order valence-corrected chi connectivity index (χ3v) is 5.81. The Labute approximate surface area is 163 Å². The lowest BCUT2D eigenvalue weighted by molar-refractivity contribution is 0.121. The molecule has 2 heterocycles. The molecule has 0 spiro atoms. The highest BCUT2D eigenvalue weighted by Crippen LogP contribution is 2.16. The molecule has 1 aromatic rings. The molecule has 1 saturated heterocycles. The summed E-state index contributed by atoms with van der Waals surface area (Å²) in [6, 6.07) is 4.34. The van der Waals surface area contributed by atoms with E-state index in [9.17, 15) is 0 Å². The van der Waals surface area contributed by atoms with Crippen molar-refractivity contribution in [3.8, 4) is 0 Å². The molecule has 0 amide bonds. The molecule has 0 saturated carbocycles. The summed E-state index contributed by atoms with van der Waals surface area (Å²) in [7, 11) is 1.78. The predicted octanol–water partition coefficient (Wildman–Crippen LogP) is 2.84. The average molecular weight is 381 g/mol. The number of hydrogen-bond acceptors (Lipinski definition) is 4. The molecule has 0 aliphatic carbocycles. The zero-order valence-electron chi connectivity index (χ0n) is 16.7. The van der Waals surface area contributed by atoms with E-state index in [0.717, 1.165) is 51.1 Å². The Balaban J connectivity index is 1.70. The van der Waals surface area contributed by atoms with Gasteiger partial charge in [-0.3, -0.25) is 4.99 Å². The molecule has 2 N–H and O–H groups in total. The smallest absolute Gasteiger partial charge is 0.191 e. The third kappa shape index (κ3) is 8.06. The van der Waals surface area contributed by atoms with Crippen LogP contribution in [0.4, 0.5) is 0 Å². The minimum Gasteiger partial charge on any atom is -0.383 e. The molecule has 0 bridgehead atoms. The van der Waals surface area contributed by atoms with Crippen molar-refractivity contribution in [2.75, 3.05) is 53.0 Å². The topological polar surface area (TPSA) is 48.9 Å². The Hall–Kier alpha value is -1.11. The summed E-state index contributed by atoms with van der Waals surface area (Å²) >= 11 is 1.84. The first kappa shape index (κ1) is 21.2. The SMILES string of the molecule is CCNC(=NCC(C)Cc1cccs1)NCC1CCN(CCOC)CC1. The van der Waals surface area contributed by atoms with Crippen molar-refractivity contribution in [2.45, 2.75) is 33.1 Å². The number of rotatable bonds is 10. The standard InChI is InChI=1S/C20H36N4OS/c1-4-21-20(22-15-17(2)14-19-6-5-13-26-19)23-16-18-7-9-24(10-8-18)11-12-25-3/h5-6,13,17-18H,4,7-12,14-16H2,1-3H3,(H2,21,22,23). The first-order valence-electron chi connectivity index (χ1n) is 9.97. The molecule has 1 fully saturated rings. The summed E-state index contributed by atoms with van der Waals surface area (Å²) in [5, 5.41) is 9.10. The normalized spacial score (nSPS) is 18.0. The summed E-state index contributed by atoms with van der Waals surface area (Å²) in [5.41, 5.74) is 0.